The minimum atomic E-state index is -0.651. The lowest BCUT2D eigenvalue weighted by Gasteiger charge is -2.33. The zero-order chi connectivity index (χ0) is 17.9. The summed E-state index contributed by atoms with van der Waals surface area (Å²) >= 11 is 0. The van der Waals surface area contributed by atoms with Crippen molar-refractivity contribution in [3.05, 3.63) is 48.5 Å². The summed E-state index contributed by atoms with van der Waals surface area (Å²) in [7, 11) is 0. The Morgan fingerprint density at radius 1 is 0.923 bits per heavy atom. The van der Waals surface area contributed by atoms with Crippen LogP contribution in [0.3, 0.4) is 0 Å². The quantitative estimate of drug-likeness (QED) is 0.844. The van der Waals surface area contributed by atoms with Crippen LogP contribution in [-0.4, -0.2) is 49.3 Å². The number of amides is 1. The zero-order valence-electron chi connectivity index (χ0n) is 14.6. The number of hydrogen-bond donors (Lipinski definition) is 0. The number of fused-ring (bicyclic) bond motifs is 2. The summed E-state index contributed by atoms with van der Waals surface area (Å²) in [6, 6.07) is 14.9. The molecule has 0 aliphatic carbocycles. The number of nitrogens with zero attached hydrogens (tertiary/aromatic N) is 1. The topological polar surface area (TPSA) is 57.2 Å². The molecule has 6 heteroatoms. The lowest BCUT2D eigenvalue weighted by molar-refractivity contribution is -0.142. The van der Waals surface area contributed by atoms with Crippen molar-refractivity contribution < 1.29 is 23.7 Å². The van der Waals surface area contributed by atoms with Gasteiger partial charge in [-0.05, 0) is 31.2 Å². The first-order valence-corrected chi connectivity index (χ1v) is 8.80. The van der Waals surface area contributed by atoms with E-state index in [9.17, 15) is 4.79 Å². The van der Waals surface area contributed by atoms with Crippen molar-refractivity contribution in [2.75, 3.05) is 26.3 Å². The van der Waals surface area contributed by atoms with Crippen LogP contribution in [0.15, 0.2) is 48.5 Å². The van der Waals surface area contributed by atoms with Gasteiger partial charge in [-0.15, -0.1) is 0 Å². The number of likely N-dealkylation sites (N-methyl/N-ethyl adjacent to an activating group) is 1. The number of hydrogen-bond acceptors (Lipinski definition) is 5. The normalized spacial score (nSPS) is 20.3. The average molecular weight is 355 g/mol. The van der Waals surface area contributed by atoms with E-state index < -0.39 is 6.10 Å². The Morgan fingerprint density at radius 2 is 1.50 bits per heavy atom. The zero-order valence-corrected chi connectivity index (χ0v) is 14.6. The van der Waals surface area contributed by atoms with Gasteiger partial charge in [-0.25, -0.2) is 0 Å². The summed E-state index contributed by atoms with van der Waals surface area (Å²) in [4.78, 5) is 14.6. The van der Waals surface area contributed by atoms with Gasteiger partial charge in [0.1, 0.15) is 13.2 Å². The molecule has 2 aromatic rings. The lowest BCUT2D eigenvalue weighted by Crippen LogP contribution is -2.50. The summed E-state index contributed by atoms with van der Waals surface area (Å²) in [5.74, 6) is 2.60. The van der Waals surface area contributed by atoms with Crippen LogP contribution < -0.4 is 18.9 Å². The molecule has 2 unspecified atom stereocenters. The summed E-state index contributed by atoms with van der Waals surface area (Å²) < 4.78 is 23.2. The van der Waals surface area contributed by atoms with Crippen LogP contribution in [0.2, 0.25) is 0 Å². The third-order valence-electron chi connectivity index (χ3n) is 4.47. The Morgan fingerprint density at radius 3 is 2.15 bits per heavy atom. The van der Waals surface area contributed by atoms with Crippen LogP contribution in [0.4, 0.5) is 0 Å². The summed E-state index contributed by atoms with van der Waals surface area (Å²) in [6.07, 6.45) is -0.868. The van der Waals surface area contributed by atoms with E-state index in [1.165, 1.54) is 0 Å². The van der Waals surface area contributed by atoms with Crippen molar-refractivity contribution in [1.82, 2.24) is 4.90 Å². The van der Waals surface area contributed by atoms with E-state index in [0.29, 0.717) is 36.9 Å². The number of rotatable bonds is 4. The highest BCUT2D eigenvalue weighted by Crippen LogP contribution is 2.32. The van der Waals surface area contributed by atoms with E-state index in [2.05, 4.69) is 0 Å². The molecule has 0 saturated carbocycles. The van der Waals surface area contributed by atoms with Gasteiger partial charge in [-0.2, -0.15) is 0 Å². The molecule has 2 aliphatic rings. The Kier molecular flexibility index (Phi) is 4.56. The van der Waals surface area contributed by atoms with Crippen molar-refractivity contribution in [2.24, 2.45) is 0 Å². The highest BCUT2D eigenvalue weighted by atomic mass is 16.6. The maximum absolute atomic E-state index is 12.9. The molecule has 2 aromatic carbocycles. The van der Waals surface area contributed by atoms with Crippen LogP contribution in [0.5, 0.6) is 23.0 Å². The second kappa shape index (κ2) is 7.15. The van der Waals surface area contributed by atoms with Crippen molar-refractivity contribution in [3.63, 3.8) is 0 Å². The molecule has 0 radical (unpaired) electrons. The molecule has 26 heavy (non-hydrogen) atoms. The van der Waals surface area contributed by atoms with Gasteiger partial charge in [0, 0.05) is 6.54 Å². The largest absolute Gasteiger partial charge is 0.486 e. The third-order valence-corrected chi connectivity index (χ3v) is 4.47. The third kappa shape index (κ3) is 3.27. The number of carbonyl (C=O) groups is 1. The van der Waals surface area contributed by atoms with Gasteiger partial charge >= 0.3 is 0 Å². The van der Waals surface area contributed by atoms with E-state index in [4.69, 9.17) is 18.9 Å². The monoisotopic (exact) mass is 355 g/mol. The summed E-state index contributed by atoms with van der Waals surface area (Å²) in [5, 5.41) is 0. The maximum Gasteiger partial charge on any atom is 0.267 e. The van der Waals surface area contributed by atoms with Crippen LogP contribution >= 0.6 is 0 Å². The fourth-order valence-corrected chi connectivity index (χ4v) is 3.12. The van der Waals surface area contributed by atoms with Crippen LogP contribution in [0.1, 0.15) is 6.92 Å². The first kappa shape index (κ1) is 16.6. The molecule has 2 atom stereocenters. The number of ether oxygens (including phenoxy) is 4. The SMILES string of the molecule is CCN(CC1COc2ccccc2O1)C(=O)C1COc2ccccc2O1. The van der Waals surface area contributed by atoms with Crippen molar-refractivity contribution >= 4 is 5.91 Å². The Bertz CT molecular complexity index is 793. The van der Waals surface area contributed by atoms with Gasteiger partial charge in [0.2, 0.25) is 6.10 Å². The molecule has 136 valence electrons. The molecule has 0 fully saturated rings. The molecule has 4 rings (SSSR count). The molecule has 6 nitrogen and oxygen atoms in total. The second-order valence-electron chi connectivity index (χ2n) is 6.24. The number of para-hydroxylation sites is 4. The summed E-state index contributed by atoms with van der Waals surface area (Å²) in [5.41, 5.74) is 0. The fourth-order valence-electron chi connectivity index (χ4n) is 3.12. The summed E-state index contributed by atoms with van der Waals surface area (Å²) in [6.45, 7) is 3.54. The standard InChI is InChI=1S/C20H21NO5/c1-2-21(11-14-12-23-15-7-3-5-9-17(15)25-14)20(22)19-13-24-16-8-4-6-10-18(16)26-19/h3-10,14,19H,2,11-13H2,1H3. The smallest absolute Gasteiger partial charge is 0.267 e. The first-order chi connectivity index (χ1) is 12.7. The minimum absolute atomic E-state index is 0.107. The van der Waals surface area contributed by atoms with Crippen molar-refractivity contribution in [2.45, 2.75) is 19.1 Å². The predicted molar refractivity (Wildman–Crippen MR) is 95.0 cm³/mol. The van der Waals surface area contributed by atoms with Gasteiger partial charge in [0.25, 0.3) is 5.91 Å². The molecule has 0 aromatic heterocycles. The Labute approximate surface area is 152 Å². The van der Waals surface area contributed by atoms with E-state index in [-0.39, 0.29) is 18.6 Å². The minimum Gasteiger partial charge on any atom is -0.486 e. The van der Waals surface area contributed by atoms with E-state index >= 15 is 0 Å². The lowest BCUT2D eigenvalue weighted by atomic mass is 10.2. The van der Waals surface area contributed by atoms with Crippen LogP contribution in [-0.2, 0) is 4.79 Å². The van der Waals surface area contributed by atoms with E-state index in [1.807, 2.05) is 49.4 Å². The molecule has 0 saturated heterocycles. The van der Waals surface area contributed by atoms with Crippen LogP contribution in [0, 0.1) is 0 Å². The molecular formula is C20H21NO5. The van der Waals surface area contributed by atoms with E-state index in [0.717, 1.165) is 5.75 Å². The van der Waals surface area contributed by atoms with Crippen molar-refractivity contribution in [1.29, 1.82) is 0 Å². The number of benzene rings is 2. The molecular weight excluding hydrogens is 334 g/mol. The molecule has 0 spiro atoms. The molecule has 0 N–H and O–H groups in total. The Balaban J connectivity index is 1.41. The first-order valence-electron chi connectivity index (χ1n) is 8.80. The Hall–Kier alpha value is -2.89. The maximum atomic E-state index is 12.9. The predicted octanol–water partition coefficient (Wildman–Crippen LogP) is 2.51. The average Bonchev–Trinajstić information content (AvgIpc) is 2.71. The van der Waals surface area contributed by atoms with Gasteiger partial charge in [0.05, 0.1) is 6.54 Å². The molecule has 0 bridgehead atoms. The van der Waals surface area contributed by atoms with Crippen LogP contribution in [0.25, 0.3) is 0 Å². The molecule has 2 heterocycles. The van der Waals surface area contributed by atoms with Gasteiger partial charge < -0.3 is 23.8 Å². The highest BCUT2D eigenvalue weighted by Gasteiger charge is 2.33. The van der Waals surface area contributed by atoms with E-state index in [1.54, 1.807) is 11.0 Å². The van der Waals surface area contributed by atoms with Gasteiger partial charge in [-0.1, -0.05) is 24.3 Å². The highest BCUT2D eigenvalue weighted by molar-refractivity contribution is 5.82. The number of carbonyl (C=O) groups excluding carboxylic acids is 1. The molecule has 2 aliphatic heterocycles. The fraction of sp³-hybridized carbons (Fsp3) is 0.350. The second-order valence-corrected chi connectivity index (χ2v) is 6.24. The van der Waals surface area contributed by atoms with Gasteiger partial charge in [-0.3, -0.25) is 4.79 Å². The van der Waals surface area contributed by atoms with Crippen molar-refractivity contribution in [3.8, 4) is 23.0 Å². The molecule has 1 amide bonds. The van der Waals surface area contributed by atoms with Gasteiger partial charge in [0.15, 0.2) is 29.1 Å².